The average Bonchev–Trinajstić information content (AvgIpc) is 3.23. The van der Waals surface area contributed by atoms with E-state index in [0.29, 0.717) is 23.3 Å². The van der Waals surface area contributed by atoms with E-state index in [9.17, 15) is 9.90 Å². The first-order valence-electron chi connectivity index (χ1n) is 11.8. The second-order valence-electron chi connectivity index (χ2n) is 9.56. The number of rotatable bonds is 4. The standard InChI is InChI=1S/C25H25N3O4.C3H8S/c1-25(2)24(30)28-23-18(14-27(28)20-7-5-6-8-21(20)31-3)16(11-12-19(23)26-25)17-10-9-15(29)13-22(17)32-4;1-3(2)4/h5-13,26,29H,14H2,1-4H3;3-4H,1-2H3. The van der Waals surface area contributed by atoms with Gasteiger partial charge < -0.3 is 19.9 Å². The lowest BCUT2D eigenvalue weighted by Crippen LogP contribution is -2.57. The summed E-state index contributed by atoms with van der Waals surface area (Å²) in [5, 5.41) is 17.6. The monoisotopic (exact) mass is 507 g/mol. The van der Waals surface area contributed by atoms with E-state index in [1.165, 1.54) is 0 Å². The highest BCUT2D eigenvalue weighted by Gasteiger charge is 2.47. The van der Waals surface area contributed by atoms with E-state index in [1.54, 1.807) is 31.4 Å². The molecule has 0 unspecified atom stereocenters. The number of ether oxygens (including phenoxy) is 2. The van der Waals surface area contributed by atoms with Gasteiger partial charge in [-0.3, -0.25) is 9.80 Å². The largest absolute Gasteiger partial charge is 0.508 e. The fourth-order valence-corrected chi connectivity index (χ4v) is 4.54. The maximum atomic E-state index is 13.6. The molecule has 0 saturated carbocycles. The fourth-order valence-electron chi connectivity index (χ4n) is 4.54. The minimum Gasteiger partial charge on any atom is -0.508 e. The Kier molecular flexibility index (Phi) is 7.00. The molecule has 36 heavy (non-hydrogen) atoms. The molecule has 2 N–H and O–H groups in total. The number of phenols is 1. The van der Waals surface area contributed by atoms with Crippen LogP contribution in [0.1, 0.15) is 33.3 Å². The van der Waals surface area contributed by atoms with Gasteiger partial charge in [0.15, 0.2) is 0 Å². The second kappa shape index (κ2) is 9.85. The lowest BCUT2D eigenvalue weighted by atomic mass is 9.93. The van der Waals surface area contributed by atoms with Crippen LogP contribution in [0.3, 0.4) is 0 Å². The second-order valence-corrected chi connectivity index (χ2v) is 10.6. The van der Waals surface area contributed by atoms with E-state index in [0.717, 1.165) is 33.8 Å². The Labute approximate surface area is 218 Å². The average molecular weight is 508 g/mol. The van der Waals surface area contributed by atoms with Gasteiger partial charge in [-0.1, -0.05) is 32.0 Å². The van der Waals surface area contributed by atoms with Crippen molar-refractivity contribution >= 4 is 35.6 Å². The van der Waals surface area contributed by atoms with Gasteiger partial charge in [0.05, 0.1) is 32.1 Å². The summed E-state index contributed by atoms with van der Waals surface area (Å²) in [5.41, 5.74) is 4.54. The van der Waals surface area contributed by atoms with E-state index >= 15 is 0 Å². The predicted octanol–water partition coefficient (Wildman–Crippen LogP) is 5.87. The van der Waals surface area contributed by atoms with Crippen LogP contribution >= 0.6 is 12.6 Å². The Balaban J connectivity index is 0.000000709. The lowest BCUT2D eigenvalue weighted by molar-refractivity contribution is -0.122. The number of hydrogen-bond acceptors (Lipinski definition) is 7. The summed E-state index contributed by atoms with van der Waals surface area (Å²) < 4.78 is 11.2. The number of amides is 1. The summed E-state index contributed by atoms with van der Waals surface area (Å²) in [7, 11) is 3.21. The van der Waals surface area contributed by atoms with Crippen LogP contribution < -0.4 is 24.8 Å². The van der Waals surface area contributed by atoms with E-state index in [-0.39, 0.29) is 11.7 Å². The predicted molar refractivity (Wildman–Crippen MR) is 149 cm³/mol. The number of phenolic OH excluding ortho intramolecular Hbond substituents is 1. The number of carbonyl (C=O) groups excluding carboxylic acids is 1. The Morgan fingerprint density at radius 3 is 2.31 bits per heavy atom. The third-order valence-electron chi connectivity index (χ3n) is 6.06. The minimum absolute atomic E-state index is 0.0514. The Bertz CT molecular complexity index is 1290. The maximum absolute atomic E-state index is 13.6. The van der Waals surface area contributed by atoms with Crippen LogP contribution in [0.25, 0.3) is 11.1 Å². The molecule has 5 rings (SSSR count). The summed E-state index contributed by atoms with van der Waals surface area (Å²) in [5.74, 6) is 1.34. The smallest absolute Gasteiger partial charge is 0.270 e. The molecule has 1 amide bonds. The number of aromatic hydroxyl groups is 1. The molecule has 0 bridgehead atoms. The minimum atomic E-state index is -0.771. The topological polar surface area (TPSA) is 74.3 Å². The zero-order valence-corrected chi connectivity index (χ0v) is 22.4. The van der Waals surface area contributed by atoms with Gasteiger partial charge in [-0.25, -0.2) is 5.01 Å². The van der Waals surface area contributed by atoms with Crippen molar-refractivity contribution in [3.05, 3.63) is 60.2 Å². The van der Waals surface area contributed by atoms with Crippen molar-refractivity contribution in [1.29, 1.82) is 0 Å². The number of nitrogens with one attached hydrogen (secondary N) is 1. The number of para-hydroxylation sites is 2. The summed E-state index contributed by atoms with van der Waals surface area (Å²) >= 11 is 3.97. The molecule has 0 radical (unpaired) electrons. The molecule has 2 aliphatic rings. The van der Waals surface area contributed by atoms with E-state index in [4.69, 9.17) is 9.47 Å². The van der Waals surface area contributed by atoms with Crippen LogP contribution in [0, 0.1) is 0 Å². The zero-order valence-electron chi connectivity index (χ0n) is 21.5. The Morgan fingerprint density at radius 1 is 1.00 bits per heavy atom. The van der Waals surface area contributed by atoms with Gasteiger partial charge in [0.25, 0.3) is 5.91 Å². The highest BCUT2D eigenvalue weighted by molar-refractivity contribution is 7.80. The number of methoxy groups -OCH3 is 2. The normalized spacial score (nSPS) is 15.2. The lowest BCUT2D eigenvalue weighted by Gasteiger charge is -2.41. The molecule has 7 nitrogen and oxygen atoms in total. The summed E-state index contributed by atoms with van der Waals surface area (Å²) in [6.45, 7) is 8.31. The SMILES string of the molecule is CC(C)S.COc1cc(O)ccc1-c1ccc2c3c1CN(c1ccccc1OC)N3C(=O)C(C)(C)N2. The van der Waals surface area contributed by atoms with Crippen molar-refractivity contribution < 1.29 is 19.4 Å². The fraction of sp³-hybridized carbons (Fsp3) is 0.321. The number of hydrazine groups is 1. The molecule has 0 aromatic heterocycles. The van der Waals surface area contributed by atoms with E-state index in [2.05, 4.69) is 17.9 Å². The van der Waals surface area contributed by atoms with Gasteiger partial charge in [-0.15, -0.1) is 0 Å². The Morgan fingerprint density at radius 2 is 1.64 bits per heavy atom. The van der Waals surface area contributed by atoms with Crippen molar-refractivity contribution in [2.45, 2.75) is 45.0 Å². The van der Waals surface area contributed by atoms with Crippen LogP contribution in [0.2, 0.25) is 0 Å². The third-order valence-corrected chi connectivity index (χ3v) is 6.06. The van der Waals surface area contributed by atoms with Crippen molar-refractivity contribution in [2.24, 2.45) is 0 Å². The molecular formula is C28H33N3O4S. The van der Waals surface area contributed by atoms with Crippen LogP contribution in [0.4, 0.5) is 17.1 Å². The quantitative estimate of drug-likeness (QED) is 0.384. The van der Waals surface area contributed by atoms with E-state index < -0.39 is 5.54 Å². The molecule has 3 aromatic rings. The van der Waals surface area contributed by atoms with Gasteiger partial charge >= 0.3 is 0 Å². The number of thiol groups is 1. The number of nitrogens with zero attached hydrogens (tertiary/aromatic N) is 2. The summed E-state index contributed by atoms with van der Waals surface area (Å²) in [4.78, 5) is 13.6. The molecule has 190 valence electrons. The summed E-state index contributed by atoms with van der Waals surface area (Å²) in [6, 6.07) is 16.8. The van der Waals surface area contributed by atoms with Crippen LogP contribution in [-0.4, -0.2) is 36.0 Å². The van der Waals surface area contributed by atoms with Crippen LogP contribution in [0.15, 0.2) is 54.6 Å². The zero-order chi connectivity index (χ0) is 26.2. The van der Waals surface area contributed by atoms with Gasteiger partial charge in [0.2, 0.25) is 0 Å². The van der Waals surface area contributed by atoms with Crippen molar-refractivity contribution in [3.63, 3.8) is 0 Å². The number of hydrogen-bond donors (Lipinski definition) is 3. The number of carbonyl (C=O) groups is 1. The first-order chi connectivity index (χ1) is 17.1. The molecule has 0 fully saturated rings. The van der Waals surface area contributed by atoms with E-state index in [1.807, 2.05) is 75.2 Å². The molecule has 0 saturated heterocycles. The first kappa shape index (κ1) is 25.6. The molecular weight excluding hydrogens is 474 g/mol. The van der Waals surface area contributed by atoms with Gasteiger partial charge in [0, 0.05) is 17.2 Å². The van der Waals surface area contributed by atoms with Gasteiger partial charge in [-0.05, 0) is 55.0 Å². The van der Waals surface area contributed by atoms with Crippen molar-refractivity contribution in [2.75, 3.05) is 29.6 Å². The van der Waals surface area contributed by atoms with Crippen molar-refractivity contribution in [1.82, 2.24) is 0 Å². The van der Waals surface area contributed by atoms with Gasteiger partial charge in [-0.2, -0.15) is 12.6 Å². The van der Waals surface area contributed by atoms with Crippen LogP contribution in [-0.2, 0) is 11.3 Å². The molecule has 0 spiro atoms. The summed E-state index contributed by atoms with van der Waals surface area (Å²) in [6.07, 6.45) is 0. The highest BCUT2D eigenvalue weighted by atomic mass is 32.1. The molecule has 0 aliphatic carbocycles. The maximum Gasteiger partial charge on any atom is 0.270 e. The first-order valence-corrected chi connectivity index (χ1v) is 12.3. The molecule has 3 aromatic carbocycles. The third kappa shape index (κ3) is 4.53. The number of anilines is 3. The highest BCUT2D eigenvalue weighted by Crippen LogP contribution is 2.51. The number of benzene rings is 3. The van der Waals surface area contributed by atoms with Crippen LogP contribution in [0.5, 0.6) is 17.2 Å². The molecule has 8 heteroatoms. The van der Waals surface area contributed by atoms with Gasteiger partial charge in [0.1, 0.15) is 28.5 Å². The van der Waals surface area contributed by atoms with Crippen molar-refractivity contribution in [3.8, 4) is 28.4 Å². The molecule has 0 atom stereocenters. The molecule has 2 aliphatic heterocycles. The molecule has 2 heterocycles. The Hall–Kier alpha value is -3.52.